The van der Waals surface area contributed by atoms with Gasteiger partial charge in [0.25, 0.3) is 0 Å². The first kappa shape index (κ1) is 11.8. The van der Waals surface area contributed by atoms with E-state index in [0.29, 0.717) is 12.3 Å². The summed E-state index contributed by atoms with van der Waals surface area (Å²) >= 11 is 0. The van der Waals surface area contributed by atoms with Crippen molar-refractivity contribution in [3.8, 4) is 0 Å². The molecule has 0 aliphatic heterocycles. The van der Waals surface area contributed by atoms with Gasteiger partial charge in [0.1, 0.15) is 0 Å². The van der Waals surface area contributed by atoms with Gasteiger partial charge >= 0.3 is 0 Å². The number of H-pyrrole nitrogens is 1. The molecule has 15 heavy (non-hydrogen) atoms. The molecule has 1 aromatic heterocycles. The molecule has 0 aliphatic rings. The molecule has 0 fully saturated rings. The zero-order chi connectivity index (χ0) is 11.4. The van der Waals surface area contributed by atoms with E-state index in [1.165, 1.54) is 0 Å². The third-order valence-electron chi connectivity index (χ3n) is 2.32. The third kappa shape index (κ3) is 3.78. The zero-order valence-corrected chi connectivity index (χ0v) is 9.98. The molecule has 0 aromatic carbocycles. The fraction of sp³-hybridized carbons (Fsp3) is 0.583. The predicted molar refractivity (Wildman–Crippen MR) is 61.8 cm³/mol. The Bertz CT molecular complexity index is 339. The van der Waals surface area contributed by atoms with Gasteiger partial charge < -0.3 is 10.3 Å². The quantitative estimate of drug-likeness (QED) is 0.780. The lowest BCUT2D eigenvalue weighted by molar-refractivity contribution is -0.120. The van der Waals surface area contributed by atoms with Crippen LogP contribution in [-0.4, -0.2) is 17.4 Å². The molecule has 84 valence electrons. The second-order valence-corrected chi connectivity index (χ2v) is 4.48. The topological polar surface area (TPSA) is 44.9 Å². The van der Waals surface area contributed by atoms with Crippen molar-refractivity contribution in [1.29, 1.82) is 0 Å². The summed E-state index contributed by atoms with van der Waals surface area (Å²) in [6.45, 7) is 8.93. The molecule has 0 radical (unpaired) electrons. The SMILES string of the molecule is Cc1cc(CC(=O)NCC(C)C)c(C)[nH]1. The third-order valence-corrected chi connectivity index (χ3v) is 2.32. The van der Waals surface area contributed by atoms with Gasteiger partial charge in [-0.25, -0.2) is 0 Å². The number of nitrogens with one attached hydrogen (secondary N) is 2. The van der Waals surface area contributed by atoms with Crippen LogP contribution in [0.4, 0.5) is 0 Å². The van der Waals surface area contributed by atoms with Crippen LogP contribution in [0.2, 0.25) is 0 Å². The maximum atomic E-state index is 11.6. The lowest BCUT2D eigenvalue weighted by Gasteiger charge is -2.07. The van der Waals surface area contributed by atoms with Gasteiger partial charge in [0.15, 0.2) is 0 Å². The molecule has 0 unspecified atom stereocenters. The van der Waals surface area contributed by atoms with E-state index in [9.17, 15) is 4.79 Å². The van der Waals surface area contributed by atoms with E-state index in [2.05, 4.69) is 24.1 Å². The Balaban J connectivity index is 2.48. The highest BCUT2D eigenvalue weighted by Crippen LogP contribution is 2.09. The second kappa shape index (κ2) is 5.01. The van der Waals surface area contributed by atoms with Crippen LogP contribution >= 0.6 is 0 Å². The first-order valence-corrected chi connectivity index (χ1v) is 5.41. The molecule has 1 aromatic rings. The monoisotopic (exact) mass is 208 g/mol. The predicted octanol–water partition coefficient (Wildman–Crippen LogP) is 1.95. The summed E-state index contributed by atoms with van der Waals surface area (Å²) in [6.07, 6.45) is 0.475. The van der Waals surface area contributed by atoms with E-state index in [-0.39, 0.29) is 5.91 Å². The molecule has 3 heteroatoms. The molecule has 0 atom stereocenters. The van der Waals surface area contributed by atoms with Crippen LogP contribution in [0, 0.1) is 19.8 Å². The van der Waals surface area contributed by atoms with Crippen molar-refractivity contribution in [2.75, 3.05) is 6.54 Å². The Morgan fingerprint density at radius 1 is 1.47 bits per heavy atom. The van der Waals surface area contributed by atoms with E-state index in [1.54, 1.807) is 0 Å². The minimum absolute atomic E-state index is 0.103. The molecule has 0 saturated carbocycles. The summed E-state index contributed by atoms with van der Waals surface area (Å²) < 4.78 is 0. The molecule has 1 rings (SSSR count). The molecule has 0 saturated heterocycles. The molecular weight excluding hydrogens is 188 g/mol. The molecule has 0 spiro atoms. The van der Waals surface area contributed by atoms with Gasteiger partial charge in [-0.15, -0.1) is 0 Å². The highest BCUT2D eigenvalue weighted by atomic mass is 16.1. The fourth-order valence-corrected chi connectivity index (χ4v) is 1.52. The van der Waals surface area contributed by atoms with Crippen LogP contribution in [0.1, 0.15) is 30.8 Å². The van der Waals surface area contributed by atoms with Crippen LogP contribution < -0.4 is 5.32 Å². The molecule has 1 heterocycles. The summed E-state index contributed by atoms with van der Waals surface area (Å²) in [5, 5.41) is 2.91. The van der Waals surface area contributed by atoms with Crippen molar-refractivity contribution in [2.45, 2.75) is 34.1 Å². The zero-order valence-electron chi connectivity index (χ0n) is 9.98. The van der Waals surface area contributed by atoms with E-state index in [0.717, 1.165) is 23.5 Å². The standard InChI is InChI=1S/C12H20N2O/c1-8(2)7-13-12(15)6-11-5-9(3)14-10(11)4/h5,8,14H,6-7H2,1-4H3,(H,13,15). The molecule has 2 N–H and O–H groups in total. The van der Waals surface area contributed by atoms with Crippen molar-refractivity contribution in [3.05, 3.63) is 23.0 Å². The first-order chi connectivity index (χ1) is 6.99. The molecule has 0 aliphatic carbocycles. The van der Waals surface area contributed by atoms with Gasteiger partial charge in [-0.05, 0) is 31.4 Å². The summed E-state index contributed by atoms with van der Waals surface area (Å²) in [6, 6.07) is 2.03. The number of aromatic amines is 1. The number of hydrogen-bond acceptors (Lipinski definition) is 1. The maximum Gasteiger partial charge on any atom is 0.224 e. The highest BCUT2D eigenvalue weighted by molar-refractivity contribution is 5.78. The Morgan fingerprint density at radius 3 is 2.60 bits per heavy atom. The second-order valence-electron chi connectivity index (χ2n) is 4.48. The number of aromatic nitrogens is 1. The summed E-state index contributed by atoms with van der Waals surface area (Å²) in [5.41, 5.74) is 3.29. The van der Waals surface area contributed by atoms with Crippen LogP contribution in [0.25, 0.3) is 0 Å². The van der Waals surface area contributed by atoms with E-state index in [4.69, 9.17) is 0 Å². The Hall–Kier alpha value is -1.25. The Morgan fingerprint density at radius 2 is 2.13 bits per heavy atom. The number of carbonyl (C=O) groups is 1. The van der Waals surface area contributed by atoms with Crippen molar-refractivity contribution < 1.29 is 4.79 Å². The molecule has 3 nitrogen and oxygen atoms in total. The summed E-state index contributed by atoms with van der Waals surface area (Å²) in [4.78, 5) is 14.8. The number of hydrogen-bond donors (Lipinski definition) is 2. The van der Waals surface area contributed by atoms with E-state index >= 15 is 0 Å². The number of aryl methyl sites for hydroxylation is 2. The number of amides is 1. The smallest absolute Gasteiger partial charge is 0.224 e. The first-order valence-electron chi connectivity index (χ1n) is 5.41. The van der Waals surface area contributed by atoms with Crippen molar-refractivity contribution in [2.24, 2.45) is 5.92 Å². The van der Waals surface area contributed by atoms with Crippen LogP contribution in [-0.2, 0) is 11.2 Å². The maximum absolute atomic E-state index is 11.6. The van der Waals surface area contributed by atoms with Gasteiger partial charge in [0.05, 0.1) is 6.42 Å². The minimum atomic E-state index is 0.103. The lowest BCUT2D eigenvalue weighted by atomic mass is 10.1. The van der Waals surface area contributed by atoms with Crippen molar-refractivity contribution in [3.63, 3.8) is 0 Å². The van der Waals surface area contributed by atoms with Gasteiger partial charge in [-0.1, -0.05) is 13.8 Å². The largest absolute Gasteiger partial charge is 0.362 e. The average Bonchev–Trinajstić information content (AvgIpc) is 2.42. The van der Waals surface area contributed by atoms with Crippen molar-refractivity contribution >= 4 is 5.91 Å². The van der Waals surface area contributed by atoms with Gasteiger partial charge in [-0.3, -0.25) is 4.79 Å². The summed E-state index contributed by atoms with van der Waals surface area (Å²) in [7, 11) is 0. The molecule has 1 amide bonds. The van der Waals surface area contributed by atoms with Gasteiger partial charge in [-0.2, -0.15) is 0 Å². The minimum Gasteiger partial charge on any atom is -0.362 e. The van der Waals surface area contributed by atoms with Gasteiger partial charge in [0.2, 0.25) is 5.91 Å². The lowest BCUT2D eigenvalue weighted by Crippen LogP contribution is -2.28. The van der Waals surface area contributed by atoms with Crippen molar-refractivity contribution in [1.82, 2.24) is 10.3 Å². The van der Waals surface area contributed by atoms with Gasteiger partial charge in [0, 0.05) is 17.9 Å². The normalized spacial score (nSPS) is 10.7. The molecule has 0 bridgehead atoms. The fourth-order valence-electron chi connectivity index (χ4n) is 1.52. The van der Waals surface area contributed by atoms with E-state index in [1.807, 2.05) is 19.9 Å². The highest BCUT2D eigenvalue weighted by Gasteiger charge is 2.07. The Labute approximate surface area is 91.3 Å². The van der Waals surface area contributed by atoms with Crippen LogP contribution in [0.3, 0.4) is 0 Å². The summed E-state index contributed by atoms with van der Waals surface area (Å²) in [5.74, 6) is 0.605. The van der Waals surface area contributed by atoms with Crippen LogP contribution in [0.15, 0.2) is 6.07 Å². The number of rotatable bonds is 4. The molecular formula is C12H20N2O. The number of carbonyl (C=O) groups excluding carboxylic acids is 1. The average molecular weight is 208 g/mol. The van der Waals surface area contributed by atoms with Crippen LogP contribution in [0.5, 0.6) is 0 Å². The Kier molecular flexibility index (Phi) is 3.95. The van der Waals surface area contributed by atoms with E-state index < -0.39 is 0 Å².